The van der Waals surface area contributed by atoms with Gasteiger partial charge in [0.25, 0.3) is 0 Å². The monoisotopic (exact) mass is 223 g/mol. The van der Waals surface area contributed by atoms with Crippen molar-refractivity contribution in [2.24, 2.45) is 0 Å². The van der Waals surface area contributed by atoms with Crippen molar-refractivity contribution >= 4 is 22.9 Å². The highest BCUT2D eigenvalue weighted by molar-refractivity contribution is 7.80. The molecule has 3 heteroatoms. The van der Waals surface area contributed by atoms with Crippen molar-refractivity contribution in [3.05, 3.63) is 24.3 Å². The fourth-order valence-corrected chi connectivity index (χ4v) is 1.29. The molecule has 0 saturated heterocycles. The van der Waals surface area contributed by atoms with E-state index in [0.29, 0.717) is 0 Å². The van der Waals surface area contributed by atoms with Gasteiger partial charge in [-0.2, -0.15) is 0 Å². The van der Waals surface area contributed by atoms with E-state index in [1.54, 1.807) is 0 Å². The summed E-state index contributed by atoms with van der Waals surface area (Å²) in [6.45, 7) is 4.80. The Kier molecular flexibility index (Phi) is 5.12. The van der Waals surface area contributed by atoms with E-state index in [1.165, 1.54) is 0 Å². The van der Waals surface area contributed by atoms with Crippen LogP contribution in [-0.4, -0.2) is 11.6 Å². The predicted molar refractivity (Wildman–Crippen MR) is 68.7 cm³/mol. The highest BCUT2D eigenvalue weighted by Crippen LogP contribution is 2.15. The smallest absolute Gasteiger partial charge is 0.119 e. The summed E-state index contributed by atoms with van der Waals surface area (Å²) in [6.07, 6.45) is 2.25. The molecule has 0 aliphatic carbocycles. The first-order valence-corrected chi connectivity index (χ1v) is 5.63. The van der Waals surface area contributed by atoms with E-state index in [0.717, 1.165) is 35.9 Å². The van der Waals surface area contributed by atoms with Crippen molar-refractivity contribution in [1.82, 2.24) is 0 Å². The van der Waals surface area contributed by atoms with Crippen LogP contribution in [0.1, 0.15) is 26.7 Å². The molecule has 0 amide bonds. The molecule has 1 rings (SSSR count). The largest absolute Gasteiger partial charge is 0.494 e. The molecule has 82 valence electrons. The number of hydrogen-bond acceptors (Lipinski definition) is 2. The molecule has 1 aromatic carbocycles. The number of benzene rings is 1. The van der Waals surface area contributed by atoms with Gasteiger partial charge in [0, 0.05) is 5.69 Å². The fraction of sp³-hybridized carbons (Fsp3) is 0.417. The third kappa shape index (κ3) is 4.79. The Labute approximate surface area is 96.6 Å². The van der Waals surface area contributed by atoms with Crippen molar-refractivity contribution in [2.75, 3.05) is 11.9 Å². The molecule has 0 aliphatic heterocycles. The molecule has 2 nitrogen and oxygen atoms in total. The first kappa shape index (κ1) is 12.0. The van der Waals surface area contributed by atoms with E-state index >= 15 is 0 Å². The third-order valence-electron chi connectivity index (χ3n) is 1.94. The van der Waals surface area contributed by atoms with E-state index < -0.39 is 0 Å². The Bertz CT molecular complexity index is 308. The number of rotatable bonds is 5. The molecule has 0 fully saturated rings. The summed E-state index contributed by atoms with van der Waals surface area (Å²) in [6, 6.07) is 7.85. The van der Waals surface area contributed by atoms with Crippen molar-refractivity contribution in [3.8, 4) is 5.75 Å². The number of thiocarbonyl (C=S) groups is 1. The van der Waals surface area contributed by atoms with Crippen molar-refractivity contribution in [1.29, 1.82) is 0 Å². The van der Waals surface area contributed by atoms with Crippen LogP contribution in [0.4, 0.5) is 5.69 Å². The molecule has 0 radical (unpaired) electrons. The Morgan fingerprint density at radius 1 is 1.33 bits per heavy atom. The molecule has 0 saturated carbocycles. The molecule has 1 N–H and O–H groups in total. The van der Waals surface area contributed by atoms with E-state index in [-0.39, 0.29) is 0 Å². The molecule has 0 bridgehead atoms. The highest BCUT2D eigenvalue weighted by atomic mass is 32.1. The van der Waals surface area contributed by atoms with Gasteiger partial charge in [-0.3, -0.25) is 0 Å². The van der Waals surface area contributed by atoms with Crippen LogP contribution in [0.3, 0.4) is 0 Å². The Morgan fingerprint density at radius 2 is 2.00 bits per heavy atom. The molecule has 0 atom stereocenters. The molecule has 15 heavy (non-hydrogen) atoms. The first-order valence-electron chi connectivity index (χ1n) is 5.23. The molecule has 0 heterocycles. The zero-order valence-corrected chi connectivity index (χ0v) is 10.1. The number of ether oxygens (including phenoxy) is 1. The molecular formula is C12H17NOS. The van der Waals surface area contributed by atoms with E-state index in [2.05, 4.69) is 12.2 Å². The van der Waals surface area contributed by atoms with Crippen LogP contribution in [0.25, 0.3) is 0 Å². The topological polar surface area (TPSA) is 21.3 Å². The summed E-state index contributed by atoms with van der Waals surface area (Å²) < 4.78 is 5.55. The van der Waals surface area contributed by atoms with E-state index in [9.17, 15) is 0 Å². The number of nitrogens with one attached hydrogen (secondary N) is 1. The average Bonchev–Trinajstić information content (AvgIpc) is 2.20. The average molecular weight is 223 g/mol. The lowest BCUT2D eigenvalue weighted by molar-refractivity contribution is 0.309. The first-order chi connectivity index (χ1) is 7.22. The predicted octanol–water partition coefficient (Wildman–Crippen LogP) is 3.62. The fourth-order valence-electron chi connectivity index (χ4n) is 1.17. The molecular weight excluding hydrogens is 206 g/mol. The molecule has 0 spiro atoms. The third-order valence-corrected chi connectivity index (χ3v) is 2.04. The van der Waals surface area contributed by atoms with Gasteiger partial charge in [0.15, 0.2) is 0 Å². The second-order valence-corrected chi connectivity index (χ2v) is 4.02. The van der Waals surface area contributed by atoms with Crippen molar-refractivity contribution < 1.29 is 4.74 Å². The lowest BCUT2D eigenvalue weighted by Gasteiger charge is -2.07. The normalized spacial score (nSPS) is 9.73. The van der Waals surface area contributed by atoms with Crippen LogP contribution >= 0.6 is 12.2 Å². The standard InChI is InChI=1S/C12H17NOS/c1-3-4-9-14-12-7-5-11(6-8-12)13-10(2)15/h5-8H,3-4,9H2,1-2H3,(H,13,15). The maximum absolute atomic E-state index is 5.55. The van der Waals surface area contributed by atoms with Gasteiger partial charge in [0.1, 0.15) is 5.75 Å². The van der Waals surface area contributed by atoms with Gasteiger partial charge in [-0.05, 0) is 37.6 Å². The van der Waals surface area contributed by atoms with Gasteiger partial charge in [0.2, 0.25) is 0 Å². The Morgan fingerprint density at radius 3 is 2.53 bits per heavy atom. The van der Waals surface area contributed by atoms with Gasteiger partial charge in [-0.15, -0.1) is 0 Å². The van der Waals surface area contributed by atoms with Gasteiger partial charge in [0.05, 0.1) is 11.6 Å². The maximum atomic E-state index is 5.55. The minimum absolute atomic E-state index is 0.773. The number of unbranched alkanes of at least 4 members (excludes halogenated alkanes) is 1. The summed E-state index contributed by atoms with van der Waals surface area (Å²) in [5.41, 5.74) is 1.00. The SMILES string of the molecule is CCCCOc1ccc(NC(C)=S)cc1. The van der Waals surface area contributed by atoms with E-state index in [1.807, 2.05) is 31.2 Å². The number of hydrogen-bond donors (Lipinski definition) is 1. The molecule has 0 aliphatic rings. The number of anilines is 1. The molecule has 1 aromatic rings. The lowest BCUT2D eigenvalue weighted by Crippen LogP contribution is -2.03. The van der Waals surface area contributed by atoms with Gasteiger partial charge in [-0.1, -0.05) is 25.6 Å². The molecule has 0 aromatic heterocycles. The highest BCUT2D eigenvalue weighted by Gasteiger charge is 1.95. The van der Waals surface area contributed by atoms with Gasteiger partial charge < -0.3 is 10.1 Å². The van der Waals surface area contributed by atoms with Crippen molar-refractivity contribution in [2.45, 2.75) is 26.7 Å². The molecule has 0 unspecified atom stereocenters. The van der Waals surface area contributed by atoms with Crippen LogP contribution in [0.15, 0.2) is 24.3 Å². The Balaban J connectivity index is 2.45. The summed E-state index contributed by atoms with van der Waals surface area (Å²) in [5, 5.41) is 3.08. The summed E-state index contributed by atoms with van der Waals surface area (Å²) >= 11 is 4.95. The quantitative estimate of drug-likeness (QED) is 0.608. The minimum atomic E-state index is 0.773. The zero-order chi connectivity index (χ0) is 11.1. The summed E-state index contributed by atoms with van der Waals surface area (Å²) in [5.74, 6) is 0.913. The van der Waals surface area contributed by atoms with Crippen LogP contribution in [0, 0.1) is 0 Å². The second-order valence-electron chi connectivity index (χ2n) is 3.41. The maximum Gasteiger partial charge on any atom is 0.119 e. The van der Waals surface area contributed by atoms with Crippen LogP contribution in [0.2, 0.25) is 0 Å². The summed E-state index contributed by atoms with van der Waals surface area (Å²) in [4.78, 5) is 0.773. The lowest BCUT2D eigenvalue weighted by atomic mass is 10.3. The zero-order valence-electron chi connectivity index (χ0n) is 9.25. The summed E-state index contributed by atoms with van der Waals surface area (Å²) in [7, 11) is 0. The van der Waals surface area contributed by atoms with Gasteiger partial charge >= 0.3 is 0 Å². The van der Waals surface area contributed by atoms with Crippen LogP contribution in [-0.2, 0) is 0 Å². The minimum Gasteiger partial charge on any atom is -0.494 e. The van der Waals surface area contributed by atoms with Crippen LogP contribution in [0.5, 0.6) is 5.75 Å². The Hall–Kier alpha value is -1.09. The van der Waals surface area contributed by atoms with Crippen molar-refractivity contribution in [3.63, 3.8) is 0 Å². The van der Waals surface area contributed by atoms with E-state index in [4.69, 9.17) is 17.0 Å². The van der Waals surface area contributed by atoms with Gasteiger partial charge in [-0.25, -0.2) is 0 Å². The second kappa shape index (κ2) is 6.40. The van der Waals surface area contributed by atoms with Crippen LogP contribution < -0.4 is 10.1 Å².